The summed E-state index contributed by atoms with van der Waals surface area (Å²) in [5.74, 6) is 0.899. The molecule has 3 nitrogen and oxygen atoms in total. The van der Waals surface area contributed by atoms with Gasteiger partial charge in [0.2, 0.25) is 5.91 Å². The zero-order valence-electron chi connectivity index (χ0n) is 11.6. The van der Waals surface area contributed by atoms with E-state index in [0.717, 1.165) is 12.1 Å². The molecule has 0 saturated heterocycles. The maximum Gasteiger partial charge on any atom is 0.224 e. The number of benzene rings is 1. The van der Waals surface area contributed by atoms with Crippen LogP contribution in [0, 0.1) is 18.8 Å². The van der Waals surface area contributed by atoms with Crippen molar-refractivity contribution in [3.05, 3.63) is 29.8 Å². The van der Waals surface area contributed by atoms with Gasteiger partial charge in [-0.15, -0.1) is 0 Å². The first-order valence-electron chi connectivity index (χ1n) is 6.57. The Morgan fingerprint density at radius 3 is 2.39 bits per heavy atom. The summed E-state index contributed by atoms with van der Waals surface area (Å²) in [5.41, 5.74) is 7.74. The van der Waals surface area contributed by atoms with Crippen LogP contribution >= 0.6 is 0 Å². The van der Waals surface area contributed by atoms with Crippen LogP contribution in [-0.4, -0.2) is 12.5 Å². The summed E-state index contributed by atoms with van der Waals surface area (Å²) >= 11 is 0. The number of hydrogen-bond acceptors (Lipinski definition) is 2. The van der Waals surface area contributed by atoms with Gasteiger partial charge in [-0.05, 0) is 43.9 Å². The van der Waals surface area contributed by atoms with E-state index in [0.29, 0.717) is 18.9 Å². The van der Waals surface area contributed by atoms with Crippen molar-refractivity contribution in [3.8, 4) is 0 Å². The molecule has 18 heavy (non-hydrogen) atoms. The molecule has 0 bridgehead atoms. The Bertz CT molecular complexity index is 371. The molecule has 1 rings (SSSR count). The number of aryl methyl sites for hydroxylation is 1. The molecule has 1 amide bonds. The lowest BCUT2D eigenvalue weighted by atomic mass is 9.94. The van der Waals surface area contributed by atoms with Crippen LogP contribution in [-0.2, 0) is 4.79 Å². The second-order valence-corrected chi connectivity index (χ2v) is 5.35. The first-order valence-corrected chi connectivity index (χ1v) is 6.57. The largest absolute Gasteiger partial charge is 0.330 e. The number of carbonyl (C=O) groups excluding carboxylic acids is 1. The summed E-state index contributed by atoms with van der Waals surface area (Å²) in [5, 5.41) is 2.91. The summed E-state index contributed by atoms with van der Waals surface area (Å²) in [6, 6.07) is 7.83. The Balaban J connectivity index is 2.47. The van der Waals surface area contributed by atoms with Gasteiger partial charge in [-0.3, -0.25) is 4.79 Å². The fourth-order valence-corrected chi connectivity index (χ4v) is 2.04. The molecule has 0 aromatic heterocycles. The molecule has 100 valence electrons. The van der Waals surface area contributed by atoms with Crippen LogP contribution in [0.25, 0.3) is 0 Å². The van der Waals surface area contributed by atoms with Gasteiger partial charge in [-0.2, -0.15) is 0 Å². The number of nitrogens with one attached hydrogen (secondary N) is 1. The van der Waals surface area contributed by atoms with Gasteiger partial charge in [0.05, 0.1) is 0 Å². The SMILES string of the molecule is Cc1ccc(NC(=O)CC(CN)CC(C)C)cc1. The number of anilines is 1. The van der Waals surface area contributed by atoms with Gasteiger partial charge in [-0.1, -0.05) is 31.5 Å². The minimum absolute atomic E-state index is 0.0509. The summed E-state index contributed by atoms with van der Waals surface area (Å²) in [6.07, 6.45) is 1.50. The number of carbonyl (C=O) groups is 1. The summed E-state index contributed by atoms with van der Waals surface area (Å²) in [4.78, 5) is 11.9. The quantitative estimate of drug-likeness (QED) is 0.813. The van der Waals surface area contributed by atoms with Crippen molar-refractivity contribution in [3.63, 3.8) is 0 Å². The number of rotatable bonds is 6. The maximum absolute atomic E-state index is 11.9. The minimum Gasteiger partial charge on any atom is -0.330 e. The predicted octanol–water partition coefficient (Wildman–Crippen LogP) is 2.94. The lowest BCUT2D eigenvalue weighted by Gasteiger charge is -2.16. The molecule has 1 atom stereocenters. The first kappa shape index (κ1) is 14.7. The van der Waals surface area contributed by atoms with Crippen molar-refractivity contribution in [1.82, 2.24) is 0 Å². The minimum atomic E-state index is 0.0509. The van der Waals surface area contributed by atoms with Gasteiger partial charge in [-0.25, -0.2) is 0 Å². The highest BCUT2D eigenvalue weighted by Gasteiger charge is 2.14. The van der Waals surface area contributed by atoms with Gasteiger partial charge in [0.15, 0.2) is 0 Å². The van der Waals surface area contributed by atoms with E-state index in [2.05, 4.69) is 19.2 Å². The third-order valence-electron chi connectivity index (χ3n) is 2.95. The topological polar surface area (TPSA) is 55.1 Å². The van der Waals surface area contributed by atoms with Gasteiger partial charge < -0.3 is 11.1 Å². The van der Waals surface area contributed by atoms with Crippen LogP contribution in [0.5, 0.6) is 0 Å². The first-order chi connectivity index (χ1) is 8.51. The van der Waals surface area contributed by atoms with Gasteiger partial charge in [0.25, 0.3) is 0 Å². The molecule has 0 aliphatic carbocycles. The third kappa shape index (κ3) is 5.32. The molecule has 0 aliphatic heterocycles. The smallest absolute Gasteiger partial charge is 0.224 e. The van der Waals surface area contributed by atoms with Crippen LogP contribution in [0.2, 0.25) is 0 Å². The zero-order valence-corrected chi connectivity index (χ0v) is 11.6. The van der Waals surface area contributed by atoms with E-state index in [9.17, 15) is 4.79 Å². The highest BCUT2D eigenvalue weighted by atomic mass is 16.1. The van der Waals surface area contributed by atoms with Gasteiger partial charge >= 0.3 is 0 Å². The third-order valence-corrected chi connectivity index (χ3v) is 2.95. The molecule has 0 radical (unpaired) electrons. The summed E-state index contributed by atoms with van der Waals surface area (Å²) in [7, 11) is 0. The van der Waals surface area contributed by atoms with Crippen molar-refractivity contribution in [2.75, 3.05) is 11.9 Å². The molecule has 0 heterocycles. The van der Waals surface area contributed by atoms with E-state index in [1.165, 1.54) is 5.56 Å². The zero-order chi connectivity index (χ0) is 13.5. The molecule has 1 aromatic carbocycles. The average Bonchev–Trinajstić information content (AvgIpc) is 2.30. The Hall–Kier alpha value is -1.35. The molecule has 0 aliphatic rings. The normalized spacial score (nSPS) is 12.5. The van der Waals surface area contributed by atoms with Gasteiger partial charge in [0, 0.05) is 12.1 Å². The van der Waals surface area contributed by atoms with E-state index < -0.39 is 0 Å². The molecule has 0 saturated carbocycles. The molecule has 3 N–H and O–H groups in total. The van der Waals surface area contributed by atoms with E-state index in [1.54, 1.807) is 0 Å². The molecule has 0 spiro atoms. The fraction of sp³-hybridized carbons (Fsp3) is 0.533. The summed E-state index contributed by atoms with van der Waals surface area (Å²) in [6.45, 7) is 6.90. The van der Waals surface area contributed by atoms with Crippen LogP contribution in [0.3, 0.4) is 0 Å². The van der Waals surface area contributed by atoms with Crippen LogP contribution in [0.1, 0.15) is 32.3 Å². The highest BCUT2D eigenvalue weighted by molar-refractivity contribution is 5.90. The fourth-order valence-electron chi connectivity index (χ4n) is 2.04. The van der Waals surface area contributed by atoms with E-state index >= 15 is 0 Å². The van der Waals surface area contributed by atoms with E-state index in [-0.39, 0.29) is 11.8 Å². The summed E-state index contributed by atoms with van der Waals surface area (Å²) < 4.78 is 0. The Kier molecular flexibility index (Phi) is 5.86. The predicted molar refractivity (Wildman–Crippen MR) is 76.4 cm³/mol. The van der Waals surface area contributed by atoms with E-state index in [4.69, 9.17) is 5.73 Å². The number of nitrogens with two attached hydrogens (primary N) is 1. The van der Waals surface area contributed by atoms with E-state index in [1.807, 2.05) is 31.2 Å². The van der Waals surface area contributed by atoms with Crippen molar-refractivity contribution in [1.29, 1.82) is 0 Å². The van der Waals surface area contributed by atoms with Crippen LogP contribution in [0.4, 0.5) is 5.69 Å². The van der Waals surface area contributed by atoms with Crippen molar-refractivity contribution in [2.24, 2.45) is 17.6 Å². The lowest BCUT2D eigenvalue weighted by molar-refractivity contribution is -0.117. The number of hydrogen-bond donors (Lipinski definition) is 2. The maximum atomic E-state index is 11.9. The molecule has 0 fully saturated rings. The lowest BCUT2D eigenvalue weighted by Crippen LogP contribution is -2.23. The average molecular weight is 248 g/mol. The number of amides is 1. The second kappa shape index (κ2) is 7.17. The highest BCUT2D eigenvalue weighted by Crippen LogP contribution is 2.16. The molecule has 1 aromatic rings. The second-order valence-electron chi connectivity index (χ2n) is 5.35. The Morgan fingerprint density at radius 2 is 1.89 bits per heavy atom. The van der Waals surface area contributed by atoms with Gasteiger partial charge in [0.1, 0.15) is 0 Å². The van der Waals surface area contributed by atoms with Crippen LogP contribution < -0.4 is 11.1 Å². The Labute approximate surface area is 110 Å². The van der Waals surface area contributed by atoms with Crippen molar-refractivity contribution >= 4 is 11.6 Å². The molecular weight excluding hydrogens is 224 g/mol. The monoisotopic (exact) mass is 248 g/mol. The van der Waals surface area contributed by atoms with Crippen LogP contribution in [0.15, 0.2) is 24.3 Å². The molecule has 1 unspecified atom stereocenters. The molecular formula is C15H24N2O. The molecule has 3 heteroatoms. The van der Waals surface area contributed by atoms with Crippen molar-refractivity contribution in [2.45, 2.75) is 33.6 Å². The van der Waals surface area contributed by atoms with Crippen molar-refractivity contribution < 1.29 is 4.79 Å². The Morgan fingerprint density at radius 1 is 1.28 bits per heavy atom. The standard InChI is InChI=1S/C15H24N2O/c1-11(2)8-13(10-16)9-15(18)17-14-6-4-12(3)5-7-14/h4-7,11,13H,8-10,16H2,1-3H3,(H,17,18).